The zero-order valence-corrected chi connectivity index (χ0v) is 10.3. The van der Waals surface area contributed by atoms with Crippen LogP contribution in [0, 0.1) is 5.92 Å². The van der Waals surface area contributed by atoms with Gasteiger partial charge < -0.3 is 15.5 Å². The molecule has 0 fully saturated rings. The molecule has 2 aromatic heterocycles. The predicted octanol–water partition coefficient (Wildman–Crippen LogP) is 2.16. The Morgan fingerprint density at radius 1 is 1.47 bits per heavy atom. The molecule has 0 radical (unpaired) electrons. The molecule has 0 atom stereocenters. The van der Waals surface area contributed by atoms with E-state index in [0.717, 1.165) is 30.3 Å². The van der Waals surface area contributed by atoms with E-state index in [1.165, 1.54) is 6.42 Å². The summed E-state index contributed by atoms with van der Waals surface area (Å²) in [5, 5.41) is 3.30. The first kappa shape index (κ1) is 11.7. The number of hydrogen-bond donors (Lipinski definition) is 2. The minimum absolute atomic E-state index is 0.502. The maximum absolute atomic E-state index is 5.74. The third-order valence-corrected chi connectivity index (χ3v) is 2.64. The SMILES string of the molecule is CC(C)CCCNc1nc(N)cn2ccnc12. The first-order valence-electron chi connectivity index (χ1n) is 6.00. The van der Waals surface area contributed by atoms with Crippen molar-refractivity contribution in [3.8, 4) is 0 Å². The number of rotatable bonds is 5. The van der Waals surface area contributed by atoms with Gasteiger partial charge in [-0.1, -0.05) is 13.8 Å². The highest BCUT2D eigenvalue weighted by Gasteiger charge is 2.05. The molecule has 17 heavy (non-hydrogen) atoms. The van der Waals surface area contributed by atoms with Crippen molar-refractivity contribution >= 4 is 17.3 Å². The normalized spacial score (nSPS) is 11.2. The summed E-state index contributed by atoms with van der Waals surface area (Å²) >= 11 is 0. The molecule has 0 saturated carbocycles. The van der Waals surface area contributed by atoms with Crippen molar-refractivity contribution in [1.29, 1.82) is 0 Å². The predicted molar refractivity (Wildman–Crippen MR) is 70.0 cm³/mol. The smallest absolute Gasteiger partial charge is 0.180 e. The molecule has 2 aromatic rings. The van der Waals surface area contributed by atoms with E-state index in [2.05, 4.69) is 29.1 Å². The highest BCUT2D eigenvalue weighted by atomic mass is 15.1. The first-order valence-corrected chi connectivity index (χ1v) is 6.00. The Morgan fingerprint density at radius 2 is 2.29 bits per heavy atom. The quantitative estimate of drug-likeness (QED) is 0.776. The van der Waals surface area contributed by atoms with Gasteiger partial charge in [0.2, 0.25) is 0 Å². The lowest BCUT2D eigenvalue weighted by Gasteiger charge is -2.08. The molecular weight excluding hydrogens is 214 g/mol. The van der Waals surface area contributed by atoms with Gasteiger partial charge in [-0.05, 0) is 18.8 Å². The average Bonchev–Trinajstić information content (AvgIpc) is 2.71. The van der Waals surface area contributed by atoms with Crippen LogP contribution in [0.1, 0.15) is 26.7 Å². The second kappa shape index (κ2) is 5.03. The molecule has 0 aliphatic rings. The Labute approximate surface area is 101 Å². The van der Waals surface area contributed by atoms with E-state index in [4.69, 9.17) is 5.73 Å². The maximum Gasteiger partial charge on any atom is 0.180 e. The fraction of sp³-hybridized carbons (Fsp3) is 0.500. The van der Waals surface area contributed by atoms with Crippen molar-refractivity contribution < 1.29 is 0 Å². The van der Waals surface area contributed by atoms with E-state index in [0.29, 0.717) is 5.82 Å². The molecule has 2 rings (SSSR count). The van der Waals surface area contributed by atoms with Crippen LogP contribution >= 0.6 is 0 Å². The van der Waals surface area contributed by atoms with Crippen molar-refractivity contribution in [1.82, 2.24) is 14.4 Å². The Hall–Kier alpha value is -1.78. The molecule has 0 aliphatic carbocycles. The molecule has 3 N–H and O–H groups in total. The molecule has 5 nitrogen and oxygen atoms in total. The maximum atomic E-state index is 5.74. The van der Waals surface area contributed by atoms with Gasteiger partial charge in [0.05, 0.1) is 6.20 Å². The van der Waals surface area contributed by atoms with Gasteiger partial charge >= 0.3 is 0 Å². The highest BCUT2D eigenvalue weighted by molar-refractivity contribution is 5.64. The molecule has 0 aromatic carbocycles. The summed E-state index contributed by atoms with van der Waals surface area (Å²) in [6, 6.07) is 0. The minimum atomic E-state index is 0.502. The number of imidazole rings is 1. The number of nitrogens with one attached hydrogen (secondary N) is 1. The van der Waals surface area contributed by atoms with Gasteiger partial charge in [-0.25, -0.2) is 9.97 Å². The van der Waals surface area contributed by atoms with Gasteiger partial charge in [0.1, 0.15) is 5.82 Å². The highest BCUT2D eigenvalue weighted by Crippen LogP contribution is 2.14. The monoisotopic (exact) mass is 233 g/mol. The average molecular weight is 233 g/mol. The molecule has 0 unspecified atom stereocenters. The van der Waals surface area contributed by atoms with Crippen LogP contribution < -0.4 is 11.1 Å². The van der Waals surface area contributed by atoms with Gasteiger partial charge in [-0.3, -0.25) is 0 Å². The number of anilines is 2. The summed E-state index contributed by atoms with van der Waals surface area (Å²) < 4.78 is 1.88. The summed E-state index contributed by atoms with van der Waals surface area (Å²) in [5.74, 6) is 2.00. The zero-order chi connectivity index (χ0) is 12.3. The van der Waals surface area contributed by atoms with Gasteiger partial charge in [0, 0.05) is 18.9 Å². The molecule has 0 amide bonds. The van der Waals surface area contributed by atoms with E-state index in [9.17, 15) is 0 Å². The summed E-state index contributed by atoms with van der Waals surface area (Å²) in [6.45, 7) is 5.36. The third-order valence-electron chi connectivity index (χ3n) is 2.64. The summed E-state index contributed by atoms with van der Waals surface area (Å²) in [5.41, 5.74) is 6.56. The number of nitrogens with two attached hydrogens (primary N) is 1. The molecule has 2 heterocycles. The Bertz CT molecular complexity index is 489. The van der Waals surface area contributed by atoms with E-state index in [1.807, 2.05) is 10.6 Å². The summed E-state index contributed by atoms with van der Waals surface area (Å²) in [7, 11) is 0. The van der Waals surface area contributed by atoms with E-state index < -0.39 is 0 Å². The van der Waals surface area contributed by atoms with Crippen molar-refractivity contribution in [3.63, 3.8) is 0 Å². The van der Waals surface area contributed by atoms with Crippen molar-refractivity contribution in [3.05, 3.63) is 18.6 Å². The third kappa shape index (κ3) is 2.87. The first-order chi connectivity index (χ1) is 8.16. The zero-order valence-electron chi connectivity index (χ0n) is 10.3. The van der Waals surface area contributed by atoms with E-state index in [-0.39, 0.29) is 0 Å². The fourth-order valence-electron chi connectivity index (χ4n) is 1.79. The molecule has 0 bridgehead atoms. The van der Waals surface area contributed by atoms with Crippen molar-refractivity contribution in [2.24, 2.45) is 5.92 Å². The summed E-state index contributed by atoms with van der Waals surface area (Å²) in [6.07, 6.45) is 7.71. The number of fused-ring (bicyclic) bond motifs is 1. The standard InChI is InChI=1S/C12H19N5/c1-9(2)4-3-5-14-11-12-15-6-7-17(12)8-10(13)16-11/h6-9H,3-5,13H2,1-2H3,(H,14,16). The lowest BCUT2D eigenvalue weighted by molar-refractivity contribution is 0.567. The Balaban J connectivity index is 2.04. The second-order valence-corrected chi connectivity index (χ2v) is 4.64. The van der Waals surface area contributed by atoms with Crippen LogP contribution in [0.2, 0.25) is 0 Å². The van der Waals surface area contributed by atoms with Gasteiger partial charge in [0.25, 0.3) is 0 Å². The van der Waals surface area contributed by atoms with Crippen LogP contribution in [0.15, 0.2) is 18.6 Å². The van der Waals surface area contributed by atoms with Crippen molar-refractivity contribution in [2.75, 3.05) is 17.6 Å². The van der Waals surface area contributed by atoms with Crippen LogP contribution in [0.4, 0.5) is 11.6 Å². The molecule has 92 valence electrons. The number of hydrogen-bond acceptors (Lipinski definition) is 4. The number of nitrogen functional groups attached to an aromatic ring is 1. The molecule has 0 spiro atoms. The molecule has 0 aliphatic heterocycles. The number of aromatic nitrogens is 3. The Morgan fingerprint density at radius 3 is 3.06 bits per heavy atom. The molecular formula is C12H19N5. The summed E-state index contributed by atoms with van der Waals surface area (Å²) in [4.78, 5) is 8.53. The van der Waals surface area contributed by atoms with Crippen LogP contribution in [0.5, 0.6) is 0 Å². The van der Waals surface area contributed by atoms with Crippen LogP contribution in [0.25, 0.3) is 5.65 Å². The largest absolute Gasteiger partial charge is 0.382 e. The van der Waals surface area contributed by atoms with E-state index >= 15 is 0 Å². The van der Waals surface area contributed by atoms with Gasteiger partial charge in [-0.15, -0.1) is 0 Å². The lowest BCUT2D eigenvalue weighted by Crippen LogP contribution is -2.08. The van der Waals surface area contributed by atoms with Crippen LogP contribution in [-0.4, -0.2) is 20.9 Å². The fourth-order valence-corrected chi connectivity index (χ4v) is 1.79. The molecule has 5 heteroatoms. The second-order valence-electron chi connectivity index (χ2n) is 4.64. The van der Waals surface area contributed by atoms with Gasteiger partial charge in [0.15, 0.2) is 11.5 Å². The minimum Gasteiger partial charge on any atom is -0.382 e. The molecule has 0 saturated heterocycles. The lowest BCUT2D eigenvalue weighted by atomic mass is 10.1. The Kier molecular flexibility index (Phi) is 3.46. The van der Waals surface area contributed by atoms with Crippen LogP contribution in [0.3, 0.4) is 0 Å². The van der Waals surface area contributed by atoms with E-state index in [1.54, 1.807) is 12.4 Å². The number of nitrogens with zero attached hydrogens (tertiary/aromatic N) is 3. The topological polar surface area (TPSA) is 68.2 Å². The van der Waals surface area contributed by atoms with Crippen LogP contribution in [-0.2, 0) is 0 Å². The van der Waals surface area contributed by atoms with Gasteiger partial charge in [-0.2, -0.15) is 0 Å². The van der Waals surface area contributed by atoms with Crippen molar-refractivity contribution in [2.45, 2.75) is 26.7 Å².